The van der Waals surface area contributed by atoms with Gasteiger partial charge in [0.25, 0.3) is 0 Å². The van der Waals surface area contributed by atoms with Crippen LogP contribution in [0.25, 0.3) is 0 Å². The summed E-state index contributed by atoms with van der Waals surface area (Å²) < 4.78 is 5.44. The van der Waals surface area contributed by atoms with Gasteiger partial charge in [0.15, 0.2) is 0 Å². The second kappa shape index (κ2) is 4.16. The number of rotatable bonds is 1. The fraction of sp³-hybridized carbons (Fsp3) is 0.923. The summed E-state index contributed by atoms with van der Waals surface area (Å²) in [6.07, 6.45) is 0.964. The van der Waals surface area contributed by atoms with Gasteiger partial charge in [0.1, 0.15) is 5.60 Å². The topological polar surface area (TPSA) is 32.8 Å². The summed E-state index contributed by atoms with van der Waals surface area (Å²) >= 11 is 0. The van der Waals surface area contributed by atoms with Crippen molar-refractivity contribution in [3.05, 3.63) is 0 Å². The summed E-state index contributed by atoms with van der Waals surface area (Å²) in [5.74, 6) is 0. The highest BCUT2D eigenvalue weighted by molar-refractivity contribution is 5.69. The Kier molecular flexibility index (Phi) is 3.10. The van der Waals surface area contributed by atoms with Crippen LogP contribution in [-0.2, 0) is 4.74 Å². The molecule has 2 unspecified atom stereocenters. The quantitative estimate of drug-likeness (QED) is 0.703. The number of amides is 1. The molecule has 1 aliphatic carbocycles. The highest BCUT2D eigenvalue weighted by Gasteiger charge is 2.51. The molecule has 1 amide bonds. The summed E-state index contributed by atoms with van der Waals surface area (Å²) in [6, 6.07) is 1.53. The van der Waals surface area contributed by atoms with Gasteiger partial charge in [-0.05, 0) is 41.0 Å². The zero-order chi connectivity index (χ0) is 12.8. The van der Waals surface area contributed by atoms with Gasteiger partial charge in [-0.15, -0.1) is 0 Å². The zero-order valence-corrected chi connectivity index (χ0v) is 11.6. The Bertz CT molecular complexity index is 309. The van der Waals surface area contributed by atoms with Gasteiger partial charge in [-0.25, -0.2) is 4.79 Å². The molecule has 17 heavy (non-hydrogen) atoms. The number of hydrogen-bond acceptors (Lipinski definition) is 3. The van der Waals surface area contributed by atoms with Gasteiger partial charge < -0.3 is 9.64 Å². The number of piperazine rings is 1. The Hall–Kier alpha value is -0.770. The minimum absolute atomic E-state index is 0.145. The third kappa shape index (κ3) is 2.73. The molecule has 4 heteroatoms. The van der Waals surface area contributed by atoms with Gasteiger partial charge in [0, 0.05) is 25.2 Å². The summed E-state index contributed by atoms with van der Waals surface area (Å²) in [6.45, 7) is 12.0. The Balaban J connectivity index is 1.92. The van der Waals surface area contributed by atoms with E-state index in [2.05, 4.69) is 18.7 Å². The molecule has 0 spiro atoms. The second-order valence-electron chi connectivity index (χ2n) is 6.38. The largest absolute Gasteiger partial charge is 0.444 e. The number of hydrogen-bond donors (Lipinski definition) is 0. The maximum atomic E-state index is 12.0. The molecule has 2 rings (SSSR count). The molecule has 1 aliphatic heterocycles. The number of carbonyl (C=O) groups excluding carboxylic acids is 1. The van der Waals surface area contributed by atoms with Crippen LogP contribution in [0.3, 0.4) is 0 Å². The lowest BCUT2D eigenvalue weighted by Crippen LogP contribution is -2.51. The molecular formula is C13H24N2O2. The minimum Gasteiger partial charge on any atom is -0.444 e. The first-order chi connectivity index (χ1) is 7.79. The smallest absolute Gasteiger partial charge is 0.410 e. The molecule has 2 atom stereocenters. The van der Waals surface area contributed by atoms with Crippen molar-refractivity contribution in [2.75, 3.05) is 13.1 Å². The average molecular weight is 240 g/mol. The molecule has 0 aromatic rings. The van der Waals surface area contributed by atoms with E-state index < -0.39 is 5.60 Å². The molecule has 0 N–H and O–H groups in total. The van der Waals surface area contributed by atoms with Crippen molar-refractivity contribution >= 4 is 6.09 Å². The zero-order valence-electron chi connectivity index (χ0n) is 11.6. The Morgan fingerprint density at radius 2 is 1.88 bits per heavy atom. The molecule has 1 saturated carbocycles. The number of carbonyl (C=O) groups is 1. The van der Waals surface area contributed by atoms with E-state index in [4.69, 9.17) is 4.74 Å². The van der Waals surface area contributed by atoms with Crippen LogP contribution in [0.1, 0.15) is 41.0 Å². The molecule has 1 heterocycles. The molecule has 4 nitrogen and oxygen atoms in total. The summed E-state index contributed by atoms with van der Waals surface area (Å²) in [7, 11) is 0. The predicted molar refractivity (Wildman–Crippen MR) is 67.0 cm³/mol. The van der Waals surface area contributed by atoms with Gasteiger partial charge in [-0.3, -0.25) is 4.90 Å². The SMILES string of the molecule is CC(C)N1CCN(C(=O)OC(C)(C)C)C2CC21. The van der Waals surface area contributed by atoms with Crippen LogP contribution < -0.4 is 0 Å². The van der Waals surface area contributed by atoms with Crippen LogP contribution >= 0.6 is 0 Å². The van der Waals surface area contributed by atoms with Crippen molar-refractivity contribution in [3.8, 4) is 0 Å². The summed E-state index contributed by atoms with van der Waals surface area (Å²) in [4.78, 5) is 16.4. The molecule has 0 bridgehead atoms. The van der Waals surface area contributed by atoms with E-state index in [1.54, 1.807) is 0 Å². The fourth-order valence-electron chi connectivity index (χ4n) is 2.60. The summed E-state index contributed by atoms with van der Waals surface area (Å²) in [5, 5.41) is 0. The van der Waals surface area contributed by atoms with Gasteiger partial charge >= 0.3 is 6.09 Å². The van der Waals surface area contributed by atoms with Crippen molar-refractivity contribution in [2.45, 2.75) is 64.8 Å². The molecule has 0 radical (unpaired) electrons. The Morgan fingerprint density at radius 1 is 1.24 bits per heavy atom. The lowest BCUT2D eigenvalue weighted by molar-refractivity contribution is 0.0105. The van der Waals surface area contributed by atoms with Crippen LogP contribution in [-0.4, -0.2) is 52.7 Å². The number of ether oxygens (including phenoxy) is 1. The van der Waals surface area contributed by atoms with Gasteiger partial charge in [-0.2, -0.15) is 0 Å². The first kappa shape index (κ1) is 12.7. The van der Waals surface area contributed by atoms with Gasteiger partial charge in [-0.1, -0.05) is 0 Å². The normalized spacial score (nSPS) is 29.2. The lowest BCUT2D eigenvalue weighted by Gasteiger charge is -2.37. The minimum atomic E-state index is -0.392. The average Bonchev–Trinajstić information content (AvgIpc) is 2.91. The van der Waals surface area contributed by atoms with Gasteiger partial charge in [0.2, 0.25) is 0 Å². The molecule has 2 fully saturated rings. The van der Waals surface area contributed by atoms with Crippen LogP contribution in [0.2, 0.25) is 0 Å². The molecule has 0 aromatic heterocycles. The van der Waals surface area contributed by atoms with E-state index in [1.807, 2.05) is 25.7 Å². The van der Waals surface area contributed by atoms with E-state index in [0.717, 1.165) is 19.5 Å². The second-order valence-corrected chi connectivity index (χ2v) is 6.38. The van der Waals surface area contributed by atoms with E-state index in [1.165, 1.54) is 0 Å². The number of fused-ring (bicyclic) bond motifs is 1. The molecular weight excluding hydrogens is 216 g/mol. The molecule has 2 aliphatic rings. The maximum absolute atomic E-state index is 12.0. The van der Waals surface area contributed by atoms with Crippen LogP contribution in [0.5, 0.6) is 0 Å². The van der Waals surface area contributed by atoms with Crippen molar-refractivity contribution in [1.82, 2.24) is 9.80 Å². The Labute approximate surface area is 104 Å². The Morgan fingerprint density at radius 3 is 2.41 bits per heavy atom. The fourth-order valence-corrected chi connectivity index (χ4v) is 2.60. The predicted octanol–water partition coefficient (Wildman–Crippen LogP) is 2.09. The van der Waals surface area contributed by atoms with Crippen LogP contribution in [0.15, 0.2) is 0 Å². The van der Waals surface area contributed by atoms with Crippen LogP contribution in [0.4, 0.5) is 4.79 Å². The highest BCUT2D eigenvalue weighted by Crippen LogP contribution is 2.38. The lowest BCUT2D eigenvalue weighted by atomic mass is 10.2. The third-order valence-corrected chi connectivity index (χ3v) is 3.44. The highest BCUT2D eigenvalue weighted by atomic mass is 16.6. The van der Waals surface area contributed by atoms with Crippen molar-refractivity contribution in [2.24, 2.45) is 0 Å². The van der Waals surface area contributed by atoms with E-state index >= 15 is 0 Å². The molecule has 98 valence electrons. The maximum Gasteiger partial charge on any atom is 0.410 e. The van der Waals surface area contributed by atoms with Gasteiger partial charge in [0.05, 0.1) is 6.04 Å². The number of nitrogens with zero attached hydrogens (tertiary/aromatic N) is 2. The monoisotopic (exact) mass is 240 g/mol. The standard InChI is InChI=1S/C13H24N2O2/c1-9(2)14-6-7-15(11-8-10(11)14)12(16)17-13(3,4)5/h9-11H,6-8H2,1-5H3. The summed E-state index contributed by atoms with van der Waals surface area (Å²) in [5.41, 5.74) is -0.392. The molecule has 1 saturated heterocycles. The third-order valence-electron chi connectivity index (χ3n) is 3.44. The van der Waals surface area contributed by atoms with Crippen LogP contribution in [0, 0.1) is 0 Å². The van der Waals surface area contributed by atoms with Crippen molar-refractivity contribution < 1.29 is 9.53 Å². The van der Waals surface area contributed by atoms with Crippen molar-refractivity contribution in [3.63, 3.8) is 0 Å². The van der Waals surface area contributed by atoms with E-state index in [0.29, 0.717) is 18.1 Å². The molecule has 0 aromatic carbocycles. The van der Waals surface area contributed by atoms with Crippen molar-refractivity contribution in [1.29, 1.82) is 0 Å². The first-order valence-electron chi connectivity index (χ1n) is 6.55. The van der Waals surface area contributed by atoms with E-state index in [-0.39, 0.29) is 6.09 Å². The first-order valence-corrected chi connectivity index (χ1v) is 6.55. The van der Waals surface area contributed by atoms with E-state index in [9.17, 15) is 4.79 Å².